The molecule has 2 aromatic carbocycles. The number of aliphatic hydroxyl groups excluding tert-OH is 8. The van der Waals surface area contributed by atoms with Gasteiger partial charge in [-0.05, 0) is 54.8 Å². The summed E-state index contributed by atoms with van der Waals surface area (Å²) in [6, 6.07) is 13.9. The molecule has 5 rings (SSSR count). The van der Waals surface area contributed by atoms with Crippen molar-refractivity contribution < 1.29 is 88.3 Å². The molecule has 9 N–H and O–H groups in total. The second-order valence-electron chi connectivity index (χ2n) is 13.8. The number of esters is 1. The Morgan fingerprint density at radius 2 is 1.25 bits per heavy atom. The summed E-state index contributed by atoms with van der Waals surface area (Å²) in [5.41, 5.74) is 1.65. The lowest BCUT2D eigenvalue weighted by Crippen LogP contribution is -2.67. The fourth-order valence-corrected chi connectivity index (χ4v) is 6.54. The number of hydrogen-bond acceptors (Lipinski definition) is 18. The molecule has 19 heteroatoms. The number of methoxy groups -OCH3 is 1. The fraction of sp³-hybridized carbons (Fsp3) is 0.579. The zero-order chi connectivity index (χ0) is 41.4. The van der Waals surface area contributed by atoms with Crippen molar-refractivity contribution in [2.24, 2.45) is 0 Å². The molecule has 57 heavy (non-hydrogen) atoms. The number of nitrogens with one attached hydrogen (secondary N) is 1. The molecule has 3 aliphatic rings. The Balaban J connectivity index is 1.34. The first-order valence-corrected chi connectivity index (χ1v) is 18.3. The lowest BCUT2D eigenvalue weighted by molar-refractivity contribution is -0.382. The third-order valence-electron chi connectivity index (χ3n) is 9.74. The molecule has 0 aromatic heterocycles. The van der Waals surface area contributed by atoms with E-state index in [1.807, 2.05) is 12.1 Å². The molecule has 0 saturated carbocycles. The second kappa shape index (κ2) is 20.3. The van der Waals surface area contributed by atoms with Crippen molar-refractivity contribution in [3.8, 4) is 11.5 Å². The van der Waals surface area contributed by atoms with Crippen molar-refractivity contribution in [3.63, 3.8) is 0 Å². The average Bonchev–Trinajstić information content (AvgIpc) is 3.20. The van der Waals surface area contributed by atoms with E-state index in [-0.39, 0.29) is 11.7 Å². The quantitative estimate of drug-likeness (QED) is 0.0664. The highest BCUT2D eigenvalue weighted by molar-refractivity contribution is 5.91. The molecule has 1 amide bonds. The Morgan fingerprint density at radius 1 is 0.702 bits per heavy atom. The minimum atomic E-state index is -1.90. The van der Waals surface area contributed by atoms with Crippen LogP contribution in [0.15, 0.2) is 54.6 Å². The van der Waals surface area contributed by atoms with Gasteiger partial charge in [-0.1, -0.05) is 24.3 Å². The molecule has 0 spiro atoms. The van der Waals surface area contributed by atoms with Gasteiger partial charge in [-0.15, -0.1) is 0 Å². The molecule has 316 valence electrons. The van der Waals surface area contributed by atoms with Crippen LogP contribution in [-0.4, -0.2) is 172 Å². The Labute approximate surface area is 327 Å². The Bertz CT molecular complexity index is 1610. The van der Waals surface area contributed by atoms with Crippen LogP contribution in [0.25, 0.3) is 6.08 Å². The van der Waals surface area contributed by atoms with E-state index in [4.69, 9.17) is 37.9 Å². The van der Waals surface area contributed by atoms with E-state index in [1.54, 1.807) is 49.6 Å². The minimum absolute atomic E-state index is 0.224. The highest BCUT2D eigenvalue weighted by Crippen LogP contribution is 2.35. The van der Waals surface area contributed by atoms with Gasteiger partial charge in [0.05, 0.1) is 26.4 Å². The van der Waals surface area contributed by atoms with Crippen molar-refractivity contribution in [2.45, 2.75) is 112 Å². The van der Waals surface area contributed by atoms with E-state index in [9.17, 15) is 50.4 Å². The van der Waals surface area contributed by atoms with E-state index >= 15 is 0 Å². The summed E-state index contributed by atoms with van der Waals surface area (Å²) >= 11 is 0. The van der Waals surface area contributed by atoms with Crippen molar-refractivity contribution in [3.05, 3.63) is 65.7 Å². The first-order chi connectivity index (χ1) is 27.2. The number of aliphatic hydroxyl groups is 8. The highest BCUT2D eigenvalue weighted by Gasteiger charge is 2.55. The first-order valence-electron chi connectivity index (χ1n) is 18.3. The van der Waals surface area contributed by atoms with Gasteiger partial charge in [-0.3, -0.25) is 9.59 Å². The van der Waals surface area contributed by atoms with Crippen LogP contribution in [-0.2, 0) is 44.4 Å². The van der Waals surface area contributed by atoms with E-state index in [2.05, 4.69) is 5.32 Å². The maximum absolute atomic E-state index is 12.4. The molecule has 0 bridgehead atoms. The van der Waals surface area contributed by atoms with Gasteiger partial charge in [0.15, 0.2) is 24.8 Å². The van der Waals surface area contributed by atoms with Gasteiger partial charge < -0.3 is 84.1 Å². The van der Waals surface area contributed by atoms with E-state index in [1.165, 1.54) is 13.0 Å². The number of hydrogen-bond donors (Lipinski definition) is 9. The standard InChI is InChI=1S/C38H51NO18/c1-18-33(52-19(2)42)34(56-36-31(48)29(46)27(44)24(16-40)54-36)35(57-37-32(49)30(47)28(45)25(17-41)55-37)38(51-18)53-23-11-6-21(7-12-23)14-15-39-26(43)13-8-20-4-9-22(50-3)10-5-20/h4-13,18,24-25,27-38,40-41,44-49H,14-17H2,1-3H3,(H,39,43)/b13-8+/t18-,24+,25-,27+,28-,29-,30+,31+,32-,33-,34+,35+,36-,37+,38-/m0/s1. The van der Waals surface area contributed by atoms with Crippen molar-refractivity contribution in [1.82, 2.24) is 5.32 Å². The third-order valence-corrected chi connectivity index (χ3v) is 9.74. The molecule has 3 fully saturated rings. The maximum Gasteiger partial charge on any atom is 0.303 e. The predicted octanol–water partition coefficient (Wildman–Crippen LogP) is -2.51. The predicted molar refractivity (Wildman–Crippen MR) is 193 cm³/mol. The summed E-state index contributed by atoms with van der Waals surface area (Å²) in [4.78, 5) is 24.7. The summed E-state index contributed by atoms with van der Waals surface area (Å²) in [5, 5.41) is 85.8. The van der Waals surface area contributed by atoms with Crippen LogP contribution in [0.4, 0.5) is 0 Å². The van der Waals surface area contributed by atoms with Crippen molar-refractivity contribution in [2.75, 3.05) is 26.9 Å². The first kappa shape index (κ1) is 44.3. The summed E-state index contributed by atoms with van der Waals surface area (Å²) < 4.78 is 46.4. The zero-order valence-electron chi connectivity index (χ0n) is 31.4. The van der Waals surface area contributed by atoms with Crippen molar-refractivity contribution >= 4 is 18.0 Å². The van der Waals surface area contributed by atoms with Gasteiger partial charge >= 0.3 is 5.97 Å². The van der Waals surface area contributed by atoms with Crippen LogP contribution in [0, 0.1) is 0 Å². The monoisotopic (exact) mass is 809 g/mol. The fourth-order valence-electron chi connectivity index (χ4n) is 6.54. The van der Waals surface area contributed by atoms with Crippen molar-refractivity contribution in [1.29, 1.82) is 0 Å². The van der Waals surface area contributed by atoms with E-state index in [0.717, 1.165) is 18.1 Å². The molecule has 19 nitrogen and oxygen atoms in total. The molecule has 3 aliphatic heterocycles. The average molecular weight is 810 g/mol. The zero-order valence-corrected chi connectivity index (χ0v) is 31.4. The van der Waals surface area contributed by atoms with E-state index < -0.39 is 111 Å². The van der Waals surface area contributed by atoms with E-state index in [0.29, 0.717) is 18.7 Å². The van der Waals surface area contributed by atoms with Crippen LogP contribution in [0.3, 0.4) is 0 Å². The van der Waals surface area contributed by atoms with Crippen LogP contribution in [0.1, 0.15) is 25.0 Å². The van der Waals surface area contributed by atoms with Gasteiger partial charge in [0, 0.05) is 19.5 Å². The normalized spacial score (nSPS) is 35.7. The van der Waals surface area contributed by atoms with Crippen LogP contribution < -0.4 is 14.8 Å². The molecule has 3 saturated heterocycles. The number of rotatable bonds is 15. The smallest absolute Gasteiger partial charge is 0.303 e. The Hall–Kier alpha value is -3.80. The molecule has 15 atom stereocenters. The molecular formula is C38H51NO18. The van der Waals surface area contributed by atoms with Crippen LogP contribution in [0.2, 0.25) is 0 Å². The number of carbonyl (C=O) groups excluding carboxylic acids is 2. The maximum atomic E-state index is 12.4. The number of carbonyl (C=O) groups is 2. The summed E-state index contributed by atoms with van der Waals surface area (Å²) in [6.45, 7) is 1.39. The Morgan fingerprint density at radius 3 is 1.77 bits per heavy atom. The highest BCUT2D eigenvalue weighted by atomic mass is 16.8. The SMILES string of the molecule is COc1ccc(/C=C/C(=O)NCCc2ccc(O[C@@H]3O[C@@H](C)[C@H](OC(C)=O)[C@@H](O[C@@H]4O[C@H](CO)[C@@H](O)[C@H](O)[C@H]4O)[C@H]3O[C@H]3O[C@@H](CO)[C@H](O)[C@@H](O)[C@@H]3O)cc2)cc1. The van der Waals surface area contributed by atoms with Gasteiger partial charge in [-0.2, -0.15) is 0 Å². The molecule has 0 unspecified atom stereocenters. The summed E-state index contributed by atoms with van der Waals surface area (Å²) in [7, 11) is 1.57. The molecule has 0 radical (unpaired) electrons. The van der Waals surface area contributed by atoms with Gasteiger partial charge in [0.1, 0.15) is 66.4 Å². The topological polar surface area (TPSA) is 282 Å². The molecular weight excluding hydrogens is 758 g/mol. The second-order valence-corrected chi connectivity index (χ2v) is 13.8. The molecule has 0 aliphatic carbocycles. The lowest BCUT2D eigenvalue weighted by atomic mass is 9.96. The molecule has 2 aromatic rings. The third kappa shape index (κ3) is 11.0. The van der Waals surface area contributed by atoms with Gasteiger partial charge in [0.2, 0.25) is 12.2 Å². The van der Waals surface area contributed by atoms with Crippen LogP contribution in [0.5, 0.6) is 11.5 Å². The molecule has 3 heterocycles. The number of benzene rings is 2. The largest absolute Gasteiger partial charge is 0.497 e. The number of amides is 1. The summed E-state index contributed by atoms with van der Waals surface area (Å²) in [6.07, 6.45) is -20.7. The lowest BCUT2D eigenvalue weighted by Gasteiger charge is -2.49. The summed E-state index contributed by atoms with van der Waals surface area (Å²) in [5.74, 6) is -0.147. The van der Waals surface area contributed by atoms with Crippen LogP contribution >= 0.6 is 0 Å². The Kier molecular flexibility index (Phi) is 15.7. The van der Waals surface area contributed by atoms with Gasteiger partial charge in [-0.25, -0.2) is 0 Å². The number of ether oxygens (including phenoxy) is 8. The van der Waals surface area contributed by atoms with Gasteiger partial charge in [0.25, 0.3) is 0 Å². The minimum Gasteiger partial charge on any atom is -0.497 e.